The number of carboxylic acid groups (broad SMARTS) is 2. The Kier molecular flexibility index (Phi) is 7.05. The van der Waals surface area contributed by atoms with Gasteiger partial charge in [-0.1, -0.05) is 56.6 Å². The molecule has 2 aromatic rings. The third-order valence-electron chi connectivity index (χ3n) is 6.09. The number of carboxylic acids is 2. The largest absolute Gasteiger partial charge is 0.481 e. The van der Waals surface area contributed by atoms with E-state index in [2.05, 4.69) is 41.7 Å². The Balaban J connectivity index is 2.21. The zero-order valence-corrected chi connectivity index (χ0v) is 21.7. The summed E-state index contributed by atoms with van der Waals surface area (Å²) in [5.41, 5.74) is -0.502. The maximum absolute atomic E-state index is 14.0. The van der Waals surface area contributed by atoms with Crippen molar-refractivity contribution in [2.24, 2.45) is 11.8 Å². The van der Waals surface area contributed by atoms with Gasteiger partial charge in [0.2, 0.25) is 0 Å². The number of carbonyl (C=O) groups is 3. The zero-order valence-electron chi connectivity index (χ0n) is 19.3. The molecule has 0 aliphatic carbocycles. The molecule has 0 radical (unpaired) electrons. The molecule has 0 unspecified atom stereocenters. The van der Waals surface area contributed by atoms with Gasteiger partial charge in [0.25, 0.3) is 5.91 Å². The number of hydrogen-bond acceptors (Lipinski definition) is 5. The van der Waals surface area contributed by atoms with E-state index in [1.807, 2.05) is 19.9 Å². The number of nitrogens with zero attached hydrogens (tertiary/aromatic N) is 2. The Morgan fingerprint density at radius 2 is 1.94 bits per heavy atom. The van der Waals surface area contributed by atoms with Crippen molar-refractivity contribution in [1.82, 2.24) is 9.88 Å². The summed E-state index contributed by atoms with van der Waals surface area (Å²) in [4.78, 5) is 44.5. The highest BCUT2D eigenvalue weighted by Gasteiger charge is 2.61. The number of aromatic nitrogens is 1. The Morgan fingerprint density at radius 1 is 1.27 bits per heavy atom. The maximum Gasteiger partial charge on any atom is 0.329 e. The van der Waals surface area contributed by atoms with Crippen molar-refractivity contribution in [3.8, 4) is 0 Å². The number of amides is 1. The number of rotatable bonds is 6. The van der Waals surface area contributed by atoms with E-state index in [0.29, 0.717) is 10.6 Å². The molecule has 1 aromatic carbocycles. The van der Waals surface area contributed by atoms with Crippen LogP contribution >= 0.6 is 27.3 Å². The molecule has 2 N–H and O–H groups in total. The lowest BCUT2D eigenvalue weighted by molar-refractivity contribution is -0.150. The van der Waals surface area contributed by atoms with E-state index in [9.17, 15) is 24.6 Å². The molecule has 178 valence electrons. The maximum atomic E-state index is 14.0. The monoisotopic (exact) mass is 536 g/mol. The van der Waals surface area contributed by atoms with Crippen molar-refractivity contribution in [3.63, 3.8) is 0 Å². The molecule has 9 heteroatoms. The fraction of sp³-hybridized carbons (Fsp3) is 0.500. The van der Waals surface area contributed by atoms with Crippen molar-refractivity contribution in [3.05, 3.63) is 50.4 Å². The van der Waals surface area contributed by atoms with E-state index in [4.69, 9.17) is 0 Å². The van der Waals surface area contributed by atoms with E-state index < -0.39 is 35.3 Å². The van der Waals surface area contributed by atoms with Crippen LogP contribution < -0.4 is 0 Å². The minimum atomic E-state index is -1.65. The second kappa shape index (κ2) is 9.18. The number of aliphatic carboxylic acids is 2. The lowest BCUT2D eigenvalue weighted by atomic mass is 9.83. The molecule has 2 heterocycles. The van der Waals surface area contributed by atoms with Crippen LogP contribution in [0.1, 0.15) is 74.4 Å². The quantitative estimate of drug-likeness (QED) is 0.514. The minimum absolute atomic E-state index is 0.0732. The van der Waals surface area contributed by atoms with E-state index in [0.717, 1.165) is 10.0 Å². The van der Waals surface area contributed by atoms with Gasteiger partial charge in [-0.15, -0.1) is 11.3 Å². The van der Waals surface area contributed by atoms with Gasteiger partial charge >= 0.3 is 11.9 Å². The smallest absolute Gasteiger partial charge is 0.329 e. The standard InChI is InChI=1S/C24H29BrN2O5S/c1-13(2)11-24(22(31)32)12-15(21(29)30)18(19-26-8-9-33-19)27(24)20(28)14-6-7-16(17(25)10-14)23(3,4)5/h6-10,13,15,18H,11-12H2,1-5H3,(H,29,30)(H,31,32)/t15-,18+,24-/m0/s1. The number of halogens is 1. The van der Waals surface area contributed by atoms with Gasteiger partial charge in [-0.2, -0.15) is 0 Å². The molecule has 3 atom stereocenters. The highest BCUT2D eigenvalue weighted by Crippen LogP contribution is 2.51. The molecule has 0 spiro atoms. The van der Waals surface area contributed by atoms with Crippen LogP contribution in [0.4, 0.5) is 0 Å². The topological polar surface area (TPSA) is 108 Å². The summed E-state index contributed by atoms with van der Waals surface area (Å²) in [5.74, 6) is -3.99. The fourth-order valence-corrected chi connectivity index (χ4v) is 6.52. The second-order valence-corrected chi connectivity index (χ2v) is 11.8. The van der Waals surface area contributed by atoms with Crippen LogP contribution in [-0.2, 0) is 15.0 Å². The fourth-order valence-electron chi connectivity index (χ4n) is 4.76. The van der Waals surface area contributed by atoms with Gasteiger partial charge < -0.3 is 15.1 Å². The van der Waals surface area contributed by atoms with Gasteiger partial charge in [0.15, 0.2) is 0 Å². The first-order chi connectivity index (χ1) is 15.3. The van der Waals surface area contributed by atoms with Gasteiger partial charge in [0.05, 0.1) is 12.0 Å². The highest BCUT2D eigenvalue weighted by atomic mass is 79.9. The summed E-state index contributed by atoms with van der Waals surface area (Å²) in [6.07, 6.45) is 1.51. The molecule has 33 heavy (non-hydrogen) atoms. The Hall–Kier alpha value is -2.26. The molecule has 1 fully saturated rings. The second-order valence-electron chi connectivity index (χ2n) is 10.0. The average Bonchev–Trinajstić information content (AvgIpc) is 3.32. The number of benzene rings is 1. The van der Waals surface area contributed by atoms with Gasteiger partial charge in [0, 0.05) is 21.6 Å². The third-order valence-corrected chi connectivity index (χ3v) is 7.59. The van der Waals surface area contributed by atoms with Gasteiger partial charge in [0.1, 0.15) is 10.5 Å². The average molecular weight is 537 g/mol. The van der Waals surface area contributed by atoms with Crippen molar-refractivity contribution in [2.75, 3.05) is 0 Å². The Bertz CT molecular complexity index is 1060. The first-order valence-electron chi connectivity index (χ1n) is 10.8. The van der Waals surface area contributed by atoms with E-state index in [-0.39, 0.29) is 24.2 Å². The SMILES string of the molecule is CC(C)C[C@@]1(C(=O)O)C[C@H](C(=O)O)[C@H](c2nccs2)N1C(=O)c1ccc(C(C)(C)C)c(Br)c1. The minimum Gasteiger partial charge on any atom is -0.481 e. The molecule has 1 aliphatic heterocycles. The van der Waals surface area contributed by atoms with Crippen LogP contribution in [0.5, 0.6) is 0 Å². The number of carbonyl (C=O) groups excluding carboxylic acids is 1. The molecule has 0 bridgehead atoms. The number of thiazole rings is 1. The van der Waals surface area contributed by atoms with Crippen molar-refractivity contribution in [1.29, 1.82) is 0 Å². The number of likely N-dealkylation sites (tertiary alicyclic amines) is 1. The molecule has 3 rings (SSSR count). The molecule has 1 aliphatic rings. The first kappa shape index (κ1) is 25.4. The van der Waals surface area contributed by atoms with E-state index in [1.165, 1.54) is 16.2 Å². The van der Waals surface area contributed by atoms with Crippen LogP contribution in [-0.4, -0.2) is 43.5 Å². The molecule has 1 saturated heterocycles. The predicted octanol–water partition coefficient (Wildman–Crippen LogP) is 5.36. The lowest BCUT2D eigenvalue weighted by Crippen LogP contribution is -2.54. The van der Waals surface area contributed by atoms with Gasteiger partial charge in [-0.25, -0.2) is 9.78 Å². The molecule has 7 nitrogen and oxygen atoms in total. The molecule has 1 amide bonds. The molecular formula is C24H29BrN2O5S. The number of hydrogen-bond donors (Lipinski definition) is 2. The zero-order chi connectivity index (χ0) is 24.7. The van der Waals surface area contributed by atoms with Crippen LogP contribution in [0.25, 0.3) is 0 Å². The summed E-state index contributed by atoms with van der Waals surface area (Å²) < 4.78 is 0.741. The molecular weight excluding hydrogens is 508 g/mol. The summed E-state index contributed by atoms with van der Waals surface area (Å²) in [6, 6.07) is 4.26. The summed E-state index contributed by atoms with van der Waals surface area (Å²) in [6.45, 7) is 9.92. The Labute approximate surface area is 206 Å². The van der Waals surface area contributed by atoms with E-state index in [1.54, 1.807) is 23.7 Å². The molecule has 1 aromatic heterocycles. The van der Waals surface area contributed by atoms with Crippen LogP contribution in [0, 0.1) is 11.8 Å². The van der Waals surface area contributed by atoms with Crippen LogP contribution in [0.15, 0.2) is 34.2 Å². The van der Waals surface area contributed by atoms with Crippen molar-refractivity contribution in [2.45, 2.75) is 64.5 Å². The lowest BCUT2D eigenvalue weighted by Gasteiger charge is -2.38. The van der Waals surface area contributed by atoms with E-state index >= 15 is 0 Å². The Morgan fingerprint density at radius 3 is 2.39 bits per heavy atom. The normalized spacial score (nSPS) is 23.2. The van der Waals surface area contributed by atoms with Crippen LogP contribution in [0.2, 0.25) is 0 Å². The summed E-state index contributed by atoms with van der Waals surface area (Å²) in [7, 11) is 0. The molecule has 0 saturated carbocycles. The first-order valence-corrected chi connectivity index (χ1v) is 12.5. The third kappa shape index (κ3) is 4.71. The van der Waals surface area contributed by atoms with Crippen molar-refractivity contribution < 1.29 is 24.6 Å². The van der Waals surface area contributed by atoms with Crippen molar-refractivity contribution >= 4 is 45.1 Å². The summed E-state index contributed by atoms with van der Waals surface area (Å²) in [5, 5.41) is 22.5. The predicted molar refractivity (Wildman–Crippen MR) is 129 cm³/mol. The van der Waals surface area contributed by atoms with Gasteiger partial charge in [-0.05, 0) is 41.9 Å². The summed E-state index contributed by atoms with van der Waals surface area (Å²) >= 11 is 4.78. The van der Waals surface area contributed by atoms with Gasteiger partial charge in [-0.3, -0.25) is 9.59 Å². The highest BCUT2D eigenvalue weighted by molar-refractivity contribution is 9.10. The van der Waals surface area contributed by atoms with Crippen LogP contribution in [0.3, 0.4) is 0 Å².